The molecule has 0 saturated carbocycles. The minimum absolute atomic E-state index is 0.0379. The second-order valence-electron chi connectivity index (χ2n) is 4.43. The van der Waals surface area contributed by atoms with Crippen molar-refractivity contribution in [2.75, 3.05) is 32.5 Å². The van der Waals surface area contributed by atoms with Crippen LogP contribution in [0.1, 0.15) is 0 Å². The van der Waals surface area contributed by atoms with Crippen LogP contribution in [0.5, 0.6) is 0 Å². The third-order valence-corrected chi connectivity index (χ3v) is 4.96. The van der Waals surface area contributed by atoms with Gasteiger partial charge < -0.3 is 19.1 Å². The number of esters is 2. The summed E-state index contributed by atoms with van der Waals surface area (Å²) in [6.45, 7) is -0.247. The highest BCUT2D eigenvalue weighted by atomic mass is 79.9. The molecule has 0 unspecified atom stereocenters. The summed E-state index contributed by atoms with van der Waals surface area (Å²) in [5.41, 5.74) is -0.0932. The summed E-state index contributed by atoms with van der Waals surface area (Å²) in [5.74, 6) is -2.13. The van der Waals surface area contributed by atoms with Gasteiger partial charge in [-0.25, -0.2) is 14.0 Å². The molecule has 1 aromatic carbocycles. The van der Waals surface area contributed by atoms with E-state index in [1.54, 1.807) is 0 Å². The molecule has 23 heavy (non-hydrogen) atoms. The van der Waals surface area contributed by atoms with Gasteiger partial charge in [-0.15, -0.1) is 0 Å². The van der Waals surface area contributed by atoms with Gasteiger partial charge in [-0.2, -0.15) is 0 Å². The van der Waals surface area contributed by atoms with Crippen molar-refractivity contribution in [2.24, 2.45) is 0 Å². The summed E-state index contributed by atoms with van der Waals surface area (Å²) in [7, 11) is 2.35. The van der Waals surface area contributed by atoms with Crippen LogP contribution in [0, 0.1) is 5.82 Å². The average Bonchev–Trinajstić information content (AvgIpc) is 2.56. The highest BCUT2D eigenvalue weighted by Crippen LogP contribution is 2.34. The lowest BCUT2D eigenvalue weighted by Gasteiger charge is -2.31. The summed E-state index contributed by atoms with van der Waals surface area (Å²) < 4.78 is 30.1. The number of anilines is 1. The minimum atomic E-state index is -0.785. The Labute approximate surface area is 148 Å². The van der Waals surface area contributed by atoms with Crippen molar-refractivity contribution in [3.8, 4) is 0 Å². The third kappa shape index (κ3) is 3.56. The maximum atomic E-state index is 14.3. The Morgan fingerprint density at radius 3 is 2.39 bits per heavy atom. The van der Waals surface area contributed by atoms with Gasteiger partial charge in [0, 0.05) is 8.95 Å². The maximum Gasteiger partial charge on any atom is 0.355 e. The molecule has 2 rings (SSSR count). The number of hydrogen-bond donors (Lipinski definition) is 0. The number of methoxy groups -OCH3 is 2. The Hall–Kier alpha value is -1.45. The van der Waals surface area contributed by atoms with Crippen molar-refractivity contribution < 1.29 is 28.2 Å². The first-order chi connectivity index (χ1) is 10.9. The maximum absolute atomic E-state index is 14.3. The number of nitrogens with zero attached hydrogens (tertiary/aromatic N) is 1. The topological polar surface area (TPSA) is 65.1 Å². The summed E-state index contributed by atoms with van der Waals surface area (Å²) in [6.07, 6.45) is 0. The predicted molar refractivity (Wildman–Crippen MR) is 86.2 cm³/mol. The summed E-state index contributed by atoms with van der Waals surface area (Å²) in [5, 5.41) is 0. The second kappa shape index (κ2) is 7.41. The Bertz CT molecular complexity index is 692. The Kier molecular flexibility index (Phi) is 5.77. The van der Waals surface area contributed by atoms with E-state index in [2.05, 4.69) is 36.6 Å². The second-order valence-corrected chi connectivity index (χ2v) is 6.14. The number of ether oxygens (including phenoxy) is 3. The first-order valence-electron chi connectivity index (χ1n) is 6.30. The number of carbonyl (C=O) groups excluding carboxylic acids is 2. The molecule has 1 aliphatic heterocycles. The van der Waals surface area contributed by atoms with E-state index < -0.39 is 17.8 Å². The smallest absolute Gasteiger partial charge is 0.355 e. The van der Waals surface area contributed by atoms with Gasteiger partial charge in [0.25, 0.3) is 0 Å². The van der Waals surface area contributed by atoms with Crippen LogP contribution in [-0.2, 0) is 23.8 Å². The van der Waals surface area contributed by atoms with Crippen molar-refractivity contribution >= 4 is 49.5 Å². The molecule has 0 saturated heterocycles. The lowest BCUT2D eigenvalue weighted by Crippen LogP contribution is -2.39. The van der Waals surface area contributed by atoms with Gasteiger partial charge in [0.2, 0.25) is 0 Å². The average molecular weight is 453 g/mol. The van der Waals surface area contributed by atoms with E-state index >= 15 is 0 Å². The van der Waals surface area contributed by atoms with Crippen molar-refractivity contribution in [3.63, 3.8) is 0 Å². The molecule has 0 aromatic heterocycles. The van der Waals surface area contributed by atoms with E-state index in [1.807, 2.05) is 0 Å². The Morgan fingerprint density at radius 1 is 1.17 bits per heavy atom. The van der Waals surface area contributed by atoms with Crippen LogP contribution < -0.4 is 4.90 Å². The van der Waals surface area contributed by atoms with Crippen molar-refractivity contribution in [1.82, 2.24) is 0 Å². The van der Waals surface area contributed by atoms with Crippen LogP contribution in [0.15, 0.2) is 32.3 Å². The molecule has 0 atom stereocenters. The molecule has 0 bridgehead atoms. The van der Waals surface area contributed by atoms with Gasteiger partial charge in [0.05, 0.1) is 32.1 Å². The van der Waals surface area contributed by atoms with E-state index in [9.17, 15) is 14.0 Å². The molecule has 0 aliphatic carbocycles. The summed E-state index contributed by atoms with van der Waals surface area (Å²) >= 11 is 6.47. The van der Waals surface area contributed by atoms with Crippen LogP contribution in [0.4, 0.5) is 10.1 Å². The van der Waals surface area contributed by atoms with Crippen LogP contribution in [0.25, 0.3) is 0 Å². The molecule has 1 aromatic rings. The largest absolute Gasteiger partial charge is 0.466 e. The molecule has 124 valence electrons. The SMILES string of the molecule is COC(=O)C1=C(C(=O)OC)N(c2cc(Br)c(Br)cc2F)COC1. The van der Waals surface area contributed by atoms with Crippen LogP contribution in [0.2, 0.25) is 0 Å². The molecule has 0 spiro atoms. The number of halogens is 3. The highest BCUT2D eigenvalue weighted by Gasteiger charge is 2.33. The molecule has 0 N–H and O–H groups in total. The molecule has 0 radical (unpaired) electrons. The zero-order chi connectivity index (χ0) is 17.1. The molecule has 1 aliphatic rings. The fraction of sp³-hybridized carbons (Fsp3) is 0.286. The van der Waals surface area contributed by atoms with Gasteiger partial charge in [0.1, 0.15) is 18.2 Å². The van der Waals surface area contributed by atoms with E-state index in [-0.39, 0.29) is 30.3 Å². The fourth-order valence-corrected chi connectivity index (χ4v) is 2.70. The molecule has 9 heteroatoms. The monoisotopic (exact) mass is 451 g/mol. The van der Waals surface area contributed by atoms with Crippen molar-refractivity contribution in [1.29, 1.82) is 0 Å². The first-order valence-corrected chi connectivity index (χ1v) is 7.88. The zero-order valence-electron chi connectivity index (χ0n) is 12.2. The molecule has 6 nitrogen and oxygen atoms in total. The van der Waals surface area contributed by atoms with Gasteiger partial charge in [-0.05, 0) is 44.0 Å². The third-order valence-electron chi connectivity index (χ3n) is 3.11. The quantitative estimate of drug-likeness (QED) is 0.519. The van der Waals surface area contributed by atoms with Crippen LogP contribution >= 0.6 is 31.9 Å². The van der Waals surface area contributed by atoms with Crippen LogP contribution in [-0.4, -0.2) is 39.5 Å². The number of carbonyl (C=O) groups is 2. The van der Waals surface area contributed by atoms with Crippen LogP contribution in [0.3, 0.4) is 0 Å². The standard InChI is InChI=1S/C14H12Br2FNO5/c1-21-13(19)7-5-23-6-18(12(7)14(20)22-2)11-4-9(16)8(15)3-10(11)17/h3-4H,5-6H2,1-2H3. The number of benzene rings is 1. The molecular weight excluding hydrogens is 441 g/mol. The van der Waals surface area contributed by atoms with Gasteiger partial charge in [-0.3, -0.25) is 0 Å². The van der Waals surface area contributed by atoms with Crippen molar-refractivity contribution in [3.05, 3.63) is 38.2 Å². The molecular formula is C14H12Br2FNO5. The van der Waals surface area contributed by atoms with E-state index in [0.717, 1.165) is 0 Å². The number of hydrogen-bond acceptors (Lipinski definition) is 6. The van der Waals surface area contributed by atoms with Gasteiger partial charge >= 0.3 is 11.9 Å². The van der Waals surface area contributed by atoms with E-state index in [4.69, 9.17) is 9.47 Å². The predicted octanol–water partition coefficient (Wildman–Crippen LogP) is 2.74. The van der Waals surface area contributed by atoms with Gasteiger partial charge in [0.15, 0.2) is 0 Å². The van der Waals surface area contributed by atoms with E-state index in [1.165, 1.54) is 31.3 Å². The number of rotatable bonds is 3. The minimum Gasteiger partial charge on any atom is -0.466 e. The zero-order valence-corrected chi connectivity index (χ0v) is 15.4. The Morgan fingerprint density at radius 2 is 1.78 bits per heavy atom. The lowest BCUT2D eigenvalue weighted by atomic mass is 10.1. The first kappa shape index (κ1) is 17.9. The molecule has 0 fully saturated rings. The molecule has 0 amide bonds. The molecule has 1 heterocycles. The van der Waals surface area contributed by atoms with E-state index in [0.29, 0.717) is 8.95 Å². The normalized spacial score (nSPS) is 14.7. The summed E-state index contributed by atoms with van der Waals surface area (Å²) in [6, 6.07) is 2.70. The lowest BCUT2D eigenvalue weighted by molar-refractivity contribution is -0.140. The summed E-state index contributed by atoms with van der Waals surface area (Å²) in [4.78, 5) is 25.2. The van der Waals surface area contributed by atoms with Gasteiger partial charge in [-0.1, -0.05) is 0 Å². The fourth-order valence-electron chi connectivity index (χ4n) is 2.05. The van der Waals surface area contributed by atoms with Crippen molar-refractivity contribution in [2.45, 2.75) is 0 Å². The Balaban J connectivity index is 2.62. The highest BCUT2D eigenvalue weighted by molar-refractivity contribution is 9.13.